The number of hydrogen-bond acceptors (Lipinski definition) is 14. The van der Waals surface area contributed by atoms with Gasteiger partial charge in [-0.05, 0) is 57.2 Å². The zero-order valence-electron chi connectivity index (χ0n) is 32.1. The van der Waals surface area contributed by atoms with Crippen LogP contribution in [0.15, 0.2) is 65.9 Å². The van der Waals surface area contributed by atoms with Crippen molar-refractivity contribution in [1.82, 2.24) is 25.3 Å². The predicted octanol–water partition coefficient (Wildman–Crippen LogP) is 3.09. The molecule has 3 aliphatic rings. The van der Waals surface area contributed by atoms with Gasteiger partial charge in [0.2, 0.25) is 18.0 Å². The summed E-state index contributed by atoms with van der Waals surface area (Å²) in [6, 6.07) is 11.6. The van der Waals surface area contributed by atoms with Gasteiger partial charge in [-0.2, -0.15) is 0 Å². The van der Waals surface area contributed by atoms with Crippen molar-refractivity contribution in [3.8, 4) is 5.75 Å². The number of thioether (sulfide) groups is 2. The lowest BCUT2D eigenvalue weighted by atomic mass is 10.0. The number of likely N-dealkylation sites (N-methyl/N-ethyl adjacent to an activating group) is 1. The maximum Gasteiger partial charge on any atom is 0.514 e. The van der Waals surface area contributed by atoms with Crippen LogP contribution in [0.1, 0.15) is 51.8 Å². The summed E-state index contributed by atoms with van der Waals surface area (Å²) in [4.78, 5) is 109. The lowest BCUT2D eigenvalue weighted by molar-refractivity contribution is -0.157. The minimum Gasteiger partial charge on any atom is -0.455 e. The molecule has 17 nitrogen and oxygen atoms in total. The Balaban J connectivity index is 1.45. The molecule has 3 heterocycles. The van der Waals surface area contributed by atoms with E-state index in [0.717, 1.165) is 12.5 Å². The van der Waals surface area contributed by atoms with Crippen LogP contribution in [0.4, 0.5) is 9.59 Å². The van der Waals surface area contributed by atoms with Gasteiger partial charge in [-0.3, -0.25) is 33.8 Å². The largest absolute Gasteiger partial charge is 0.514 e. The third kappa shape index (κ3) is 10.1. The van der Waals surface area contributed by atoms with Gasteiger partial charge in [-0.15, -0.1) is 23.5 Å². The highest BCUT2D eigenvalue weighted by atomic mass is 32.2. The molecule has 0 aromatic heterocycles. The van der Waals surface area contributed by atoms with Gasteiger partial charge in [-0.1, -0.05) is 42.5 Å². The molecule has 2 N–H and O–H groups in total. The molecule has 4 atom stereocenters. The number of fused-ring (bicyclic) bond motifs is 1. The minimum absolute atomic E-state index is 0.0280. The van der Waals surface area contributed by atoms with Crippen LogP contribution in [-0.2, 0) is 49.6 Å². The van der Waals surface area contributed by atoms with Crippen LogP contribution in [0, 0.1) is 0 Å². The molecular formula is C38H43N5O12S2. The monoisotopic (exact) mass is 825 g/mol. The fourth-order valence-electron chi connectivity index (χ4n) is 6.02. The molecule has 2 aromatic carbocycles. The van der Waals surface area contributed by atoms with Crippen LogP contribution in [-0.4, -0.2) is 117 Å². The number of carbonyl (C=O) groups is 8. The Morgan fingerprint density at radius 1 is 0.947 bits per heavy atom. The quantitative estimate of drug-likeness (QED) is 0.0788. The Hall–Kier alpha value is -5.56. The van der Waals surface area contributed by atoms with Crippen molar-refractivity contribution in [3.05, 3.63) is 77.0 Å². The van der Waals surface area contributed by atoms with E-state index in [2.05, 4.69) is 10.6 Å². The van der Waals surface area contributed by atoms with Crippen molar-refractivity contribution >= 4 is 71.3 Å². The first-order valence-corrected chi connectivity index (χ1v) is 20.2. The molecule has 2 aromatic rings. The normalized spacial score (nSPS) is 19.1. The highest BCUT2D eigenvalue weighted by Gasteiger charge is 2.55. The molecule has 2 saturated heterocycles. The van der Waals surface area contributed by atoms with Crippen molar-refractivity contribution in [2.75, 3.05) is 31.6 Å². The maximum absolute atomic E-state index is 14.3. The highest BCUT2D eigenvalue weighted by Crippen LogP contribution is 2.45. The number of piperazine rings is 1. The van der Waals surface area contributed by atoms with Crippen LogP contribution in [0.5, 0.6) is 5.75 Å². The molecule has 0 bridgehead atoms. The number of carbonyl (C=O) groups excluding carboxylic acids is 8. The molecule has 2 fully saturated rings. The number of β-lactam (4-membered cyclic amide) rings is 1. The van der Waals surface area contributed by atoms with Crippen molar-refractivity contribution < 1.29 is 57.3 Å². The lowest BCUT2D eigenvalue weighted by Gasteiger charge is -2.50. The smallest absolute Gasteiger partial charge is 0.455 e. The van der Waals surface area contributed by atoms with E-state index in [4.69, 9.17) is 18.9 Å². The predicted molar refractivity (Wildman–Crippen MR) is 206 cm³/mol. The first-order valence-electron chi connectivity index (χ1n) is 17.8. The maximum atomic E-state index is 14.3. The van der Waals surface area contributed by atoms with Gasteiger partial charge in [0.05, 0.1) is 0 Å². The molecule has 0 radical (unpaired) electrons. The van der Waals surface area contributed by atoms with Gasteiger partial charge in [0, 0.05) is 37.9 Å². The molecule has 0 spiro atoms. The van der Waals surface area contributed by atoms with E-state index in [-0.39, 0.29) is 60.5 Å². The van der Waals surface area contributed by atoms with Crippen LogP contribution < -0.4 is 15.4 Å². The molecule has 6 amide bonds. The summed E-state index contributed by atoms with van der Waals surface area (Å²) >= 11 is 2.62. The van der Waals surface area contributed by atoms with E-state index < -0.39 is 70.3 Å². The molecule has 3 aliphatic heterocycles. The van der Waals surface area contributed by atoms with Crippen molar-refractivity contribution in [2.45, 2.75) is 69.7 Å². The average molecular weight is 826 g/mol. The Morgan fingerprint density at radius 2 is 1.63 bits per heavy atom. The Labute approximate surface area is 337 Å². The second kappa shape index (κ2) is 18.1. The standard InChI is InChI=1S/C38H43N5O12S2/c1-7-41-17-18-42(33(48)32(41)47)36(50)39-26(23-13-15-24(16-14-23)54-37(51)52-19-22-11-9-8-10-12-22)29(45)40-30(53-21(2)44)25-20-57-34-28(56-6)31(46)43(34)27(25)35(49)55-38(3,4)5/h8-16,26,28,30,34H,7,17-20H2,1-6H3,(H,39,50)(H,40,45)/t26?,28-,30?,34+/m0/s1. The van der Waals surface area contributed by atoms with Gasteiger partial charge in [-0.25, -0.2) is 14.4 Å². The second-order valence-corrected chi connectivity index (χ2v) is 15.9. The molecule has 0 aliphatic carbocycles. The molecule has 304 valence electrons. The number of hydrogen-bond donors (Lipinski definition) is 2. The van der Waals surface area contributed by atoms with E-state index in [1.54, 1.807) is 58.2 Å². The number of nitrogens with one attached hydrogen (secondary N) is 2. The Bertz CT molecular complexity index is 1950. The van der Waals surface area contributed by atoms with E-state index in [0.29, 0.717) is 4.90 Å². The van der Waals surface area contributed by atoms with Gasteiger partial charge >= 0.3 is 35.9 Å². The van der Waals surface area contributed by atoms with Crippen LogP contribution >= 0.6 is 23.5 Å². The minimum atomic E-state index is -1.63. The second-order valence-electron chi connectivity index (χ2n) is 13.9. The molecule has 2 unspecified atom stereocenters. The Kier molecular flexibility index (Phi) is 13.6. The summed E-state index contributed by atoms with van der Waals surface area (Å²) in [7, 11) is 0. The number of rotatable bonds is 12. The van der Waals surface area contributed by atoms with E-state index in [1.807, 2.05) is 6.07 Å². The highest BCUT2D eigenvalue weighted by molar-refractivity contribution is 8.04. The molecule has 19 heteroatoms. The summed E-state index contributed by atoms with van der Waals surface area (Å²) in [5, 5.41) is 4.20. The van der Waals surface area contributed by atoms with Gasteiger partial charge in [0.15, 0.2) is 0 Å². The fraction of sp³-hybridized carbons (Fsp3) is 0.421. The summed E-state index contributed by atoms with van der Waals surface area (Å²) in [6.45, 7) is 7.83. The molecule has 0 saturated carbocycles. The lowest BCUT2D eigenvalue weighted by Crippen LogP contribution is -2.64. The number of nitrogens with zero attached hydrogens (tertiary/aromatic N) is 3. The number of benzene rings is 2. The molecule has 57 heavy (non-hydrogen) atoms. The van der Waals surface area contributed by atoms with E-state index in [1.165, 1.54) is 57.6 Å². The fourth-order valence-corrected chi connectivity index (χ4v) is 8.54. The van der Waals surface area contributed by atoms with E-state index >= 15 is 0 Å². The third-order valence-corrected chi connectivity index (χ3v) is 11.2. The number of ether oxygens (including phenoxy) is 4. The first-order chi connectivity index (χ1) is 27.0. The summed E-state index contributed by atoms with van der Waals surface area (Å²) in [5.41, 5.74) is -0.262. The zero-order chi connectivity index (χ0) is 41.6. The Morgan fingerprint density at radius 3 is 2.25 bits per heavy atom. The van der Waals surface area contributed by atoms with Gasteiger partial charge in [0.1, 0.15) is 40.3 Å². The number of esters is 2. The average Bonchev–Trinajstić information content (AvgIpc) is 3.16. The van der Waals surface area contributed by atoms with Crippen LogP contribution in [0.3, 0.4) is 0 Å². The summed E-state index contributed by atoms with van der Waals surface area (Å²) in [5.74, 6) is -4.99. The van der Waals surface area contributed by atoms with E-state index in [9.17, 15) is 38.4 Å². The number of urea groups is 1. The van der Waals surface area contributed by atoms with Crippen LogP contribution in [0.25, 0.3) is 0 Å². The first kappa shape index (κ1) is 42.6. The molecule has 5 rings (SSSR count). The van der Waals surface area contributed by atoms with Crippen molar-refractivity contribution in [3.63, 3.8) is 0 Å². The van der Waals surface area contributed by atoms with Crippen molar-refractivity contribution in [1.29, 1.82) is 0 Å². The number of imide groups is 1. The zero-order valence-corrected chi connectivity index (χ0v) is 33.7. The molecular weight excluding hydrogens is 783 g/mol. The van der Waals surface area contributed by atoms with Crippen molar-refractivity contribution in [2.24, 2.45) is 0 Å². The summed E-state index contributed by atoms with van der Waals surface area (Å²) in [6.07, 6.45) is -0.865. The number of amides is 6. The van der Waals surface area contributed by atoms with Crippen LogP contribution in [0.2, 0.25) is 0 Å². The van der Waals surface area contributed by atoms with Gasteiger partial charge in [0.25, 0.3) is 0 Å². The third-order valence-electron chi connectivity index (χ3n) is 8.75. The SMILES string of the molecule is CCN1CCN(C(=O)NC(C(=O)NC(OC(C)=O)C2=C(C(=O)OC(C)(C)C)N3C(=O)[C@H](SC)[C@H]3SC2)c2ccc(OC(=O)OCc3ccccc3)cc2)C(=O)C1=O. The summed E-state index contributed by atoms with van der Waals surface area (Å²) < 4.78 is 21.6. The van der Waals surface area contributed by atoms with Gasteiger partial charge < -0.3 is 34.5 Å². The topological polar surface area (TPSA) is 207 Å².